The Balaban J connectivity index is 1.52. The topological polar surface area (TPSA) is 95.5 Å². The number of aliphatic carboxylic acids is 1. The van der Waals surface area contributed by atoms with Crippen LogP contribution in [0.4, 0.5) is 5.69 Å². The van der Waals surface area contributed by atoms with Gasteiger partial charge in [0.15, 0.2) is 0 Å². The molecule has 0 aliphatic heterocycles. The second-order valence-corrected chi connectivity index (χ2v) is 7.72. The van der Waals surface area contributed by atoms with E-state index in [2.05, 4.69) is 16.7 Å². The lowest BCUT2D eigenvalue weighted by molar-refractivity contribution is -0.139. The van der Waals surface area contributed by atoms with Gasteiger partial charge in [-0.2, -0.15) is 0 Å². The number of carboxylic acid groups (broad SMARTS) is 1. The van der Waals surface area contributed by atoms with Gasteiger partial charge >= 0.3 is 5.97 Å². The van der Waals surface area contributed by atoms with Crippen molar-refractivity contribution in [2.45, 2.75) is 38.1 Å². The van der Waals surface area contributed by atoms with E-state index in [4.69, 9.17) is 0 Å². The normalized spacial score (nSPS) is 14.4. The fourth-order valence-electron chi connectivity index (χ4n) is 2.88. The molecule has 1 atom stereocenters. The number of carboxylic acids is 1. The van der Waals surface area contributed by atoms with Crippen molar-refractivity contribution in [2.75, 3.05) is 5.32 Å². The Morgan fingerprint density at radius 2 is 2.00 bits per heavy atom. The van der Waals surface area contributed by atoms with E-state index in [-0.39, 0.29) is 11.8 Å². The smallest absolute Gasteiger partial charge is 0.326 e. The fourth-order valence-corrected chi connectivity index (χ4v) is 3.63. The van der Waals surface area contributed by atoms with Crippen LogP contribution in [0.15, 0.2) is 41.8 Å². The van der Waals surface area contributed by atoms with Crippen molar-refractivity contribution >= 4 is 34.8 Å². The van der Waals surface area contributed by atoms with Gasteiger partial charge in [0.25, 0.3) is 5.91 Å². The number of amides is 2. The number of nitrogens with one attached hydrogen (secondary N) is 2. The fraction of sp³-hybridized carbons (Fsp3) is 0.350. The highest BCUT2D eigenvalue weighted by Crippen LogP contribution is 2.32. The van der Waals surface area contributed by atoms with Gasteiger partial charge in [-0.25, -0.2) is 4.79 Å². The third-order valence-corrected chi connectivity index (χ3v) is 5.40. The molecule has 2 amide bonds. The molecule has 1 unspecified atom stereocenters. The van der Waals surface area contributed by atoms with Crippen molar-refractivity contribution in [3.8, 4) is 0 Å². The summed E-state index contributed by atoms with van der Waals surface area (Å²) in [7, 11) is 0. The van der Waals surface area contributed by atoms with Gasteiger partial charge in [0.1, 0.15) is 6.04 Å². The molecule has 2 aromatic rings. The van der Waals surface area contributed by atoms with Crippen LogP contribution in [-0.2, 0) is 16.0 Å². The SMILES string of the molecule is O=C(CCCc1cccs1)Nc1cccc(C(=O)NC(C(=O)O)C2CC2)c1. The van der Waals surface area contributed by atoms with E-state index in [1.807, 2.05) is 11.4 Å². The van der Waals surface area contributed by atoms with Crippen molar-refractivity contribution in [1.29, 1.82) is 0 Å². The van der Waals surface area contributed by atoms with Gasteiger partial charge in [-0.05, 0) is 61.2 Å². The highest BCUT2D eigenvalue weighted by atomic mass is 32.1. The van der Waals surface area contributed by atoms with Crippen LogP contribution >= 0.6 is 11.3 Å². The van der Waals surface area contributed by atoms with Crippen molar-refractivity contribution in [2.24, 2.45) is 5.92 Å². The second-order valence-electron chi connectivity index (χ2n) is 6.69. The first-order chi connectivity index (χ1) is 13.0. The third kappa shape index (κ3) is 5.65. The van der Waals surface area contributed by atoms with E-state index in [1.54, 1.807) is 35.6 Å². The maximum absolute atomic E-state index is 12.3. The van der Waals surface area contributed by atoms with Crippen molar-refractivity contribution < 1.29 is 19.5 Å². The summed E-state index contributed by atoms with van der Waals surface area (Å²) in [5.41, 5.74) is 0.861. The van der Waals surface area contributed by atoms with Gasteiger partial charge in [-0.3, -0.25) is 9.59 Å². The van der Waals surface area contributed by atoms with E-state index in [1.165, 1.54) is 4.88 Å². The summed E-state index contributed by atoms with van der Waals surface area (Å²) in [6, 6.07) is 9.75. The standard InChI is InChI=1S/C20H22N2O4S/c23-17(8-2-6-16-7-3-11-27-16)21-15-5-1-4-14(12-15)19(24)22-18(20(25)26)13-9-10-13/h1,3-5,7,11-13,18H,2,6,8-10H2,(H,21,23)(H,22,24)(H,25,26). The van der Waals surface area contributed by atoms with Crippen molar-refractivity contribution in [1.82, 2.24) is 5.32 Å². The Bertz CT molecular complexity index is 815. The zero-order chi connectivity index (χ0) is 19.2. The molecule has 0 bridgehead atoms. The van der Waals surface area contributed by atoms with Gasteiger partial charge < -0.3 is 15.7 Å². The van der Waals surface area contributed by atoms with E-state index in [0.717, 1.165) is 25.7 Å². The minimum absolute atomic E-state index is 0.0117. The minimum atomic E-state index is -1.01. The molecule has 0 saturated heterocycles. The molecule has 0 radical (unpaired) electrons. The molecule has 1 saturated carbocycles. The van der Waals surface area contributed by atoms with Crippen LogP contribution in [0, 0.1) is 5.92 Å². The number of anilines is 1. The van der Waals surface area contributed by atoms with Crippen LogP contribution in [0.1, 0.15) is 40.9 Å². The van der Waals surface area contributed by atoms with Crippen LogP contribution in [0.5, 0.6) is 0 Å². The summed E-state index contributed by atoms with van der Waals surface area (Å²) in [6.07, 6.45) is 3.66. The lowest BCUT2D eigenvalue weighted by Gasteiger charge is -2.14. The highest BCUT2D eigenvalue weighted by Gasteiger charge is 2.37. The molecule has 3 N–H and O–H groups in total. The predicted octanol–water partition coefficient (Wildman–Crippen LogP) is 3.30. The molecule has 1 aliphatic rings. The first-order valence-electron chi connectivity index (χ1n) is 8.99. The zero-order valence-electron chi connectivity index (χ0n) is 14.8. The molecule has 3 rings (SSSR count). The number of rotatable bonds is 9. The zero-order valence-corrected chi connectivity index (χ0v) is 15.6. The first-order valence-corrected chi connectivity index (χ1v) is 9.87. The summed E-state index contributed by atoms with van der Waals surface area (Å²) in [5.74, 6) is -1.55. The van der Waals surface area contributed by atoms with Gasteiger partial charge in [-0.1, -0.05) is 12.1 Å². The predicted molar refractivity (Wildman–Crippen MR) is 104 cm³/mol. The number of benzene rings is 1. The number of carbonyl (C=O) groups is 3. The molecule has 7 heteroatoms. The Morgan fingerprint density at radius 3 is 2.67 bits per heavy atom. The molecular formula is C20H22N2O4S. The van der Waals surface area contributed by atoms with E-state index in [9.17, 15) is 19.5 Å². The monoisotopic (exact) mass is 386 g/mol. The minimum Gasteiger partial charge on any atom is -0.480 e. The largest absolute Gasteiger partial charge is 0.480 e. The van der Waals surface area contributed by atoms with Crippen LogP contribution in [0.25, 0.3) is 0 Å². The maximum Gasteiger partial charge on any atom is 0.326 e. The van der Waals surface area contributed by atoms with Crippen molar-refractivity contribution in [3.63, 3.8) is 0 Å². The number of hydrogen-bond donors (Lipinski definition) is 3. The first kappa shape index (κ1) is 19.1. The van der Waals surface area contributed by atoms with E-state index in [0.29, 0.717) is 17.7 Å². The molecule has 6 nitrogen and oxygen atoms in total. The number of hydrogen-bond acceptors (Lipinski definition) is 4. The molecule has 1 aromatic carbocycles. The summed E-state index contributed by atoms with van der Waals surface area (Å²) in [6.45, 7) is 0. The summed E-state index contributed by atoms with van der Waals surface area (Å²) < 4.78 is 0. The molecule has 142 valence electrons. The maximum atomic E-state index is 12.3. The number of carbonyl (C=O) groups excluding carboxylic acids is 2. The summed E-state index contributed by atoms with van der Waals surface area (Å²) in [4.78, 5) is 37.0. The molecule has 1 aliphatic carbocycles. The molecule has 1 fully saturated rings. The quantitative estimate of drug-likeness (QED) is 0.616. The van der Waals surface area contributed by atoms with E-state index < -0.39 is 17.9 Å². The van der Waals surface area contributed by atoms with Crippen LogP contribution < -0.4 is 10.6 Å². The van der Waals surface area contributed by atoms with Crippen molar-refractivity contribution in [3.05, 3.63) is 52.2 Å². The van der Waals surface area contributed by atoms with Crippen LogP contribution in [-0.4, -0.2) is 28.9 Å². The van der Waals surface area contributed by atoms with Gasteiger partial charge in [0, 0.05) is 22.5 Å². The van der Waals surface area contributed by atoms with Gasteiger partial charge in [0.2, 0.25) is 5.91 Å². The van der Waals surface area contributed by atoms with Crippen LogP contribution in [0.2, 0.25) is 0 Å². The molecular weight excluding hydrogens is 364 g/mol. The lowest BCUT2D eigenvalue weighted by atomic mass is 10.1. The highest BCUT2D eigenvalue weighted by molar-refractivity contribution is 7.09. The Morgan fingerprint density at radius 1 is 1.19 bits per heavy atom. The Kier molecular flexibility index (Phi) is 6.24. The average Bonchev–Trinajstić information content (AvgIpc) is 3.35. The van der Waals surface area contributed by atoms with Gasteiger partial charge in [-0.15, -0.1) is 11.3 Å². The molecule has 27 heavy (non-hydrogen) atoms. The lowest BCUT2D eigenvalue weighted by Crippen LogP contribution is -2.42. The van der Waals surface area contributed by atoms with E-state index >= 15 is 0 Å². The molecule has 1 aromatic heterocycles. The summed E-state index contributed by atoms with van der Waals surface area (Å²) in [5, 5.41) is 16.6. The van der Waals surface area contributed by atoms with Gasteiger partial charge in [0.05, 0.1) is 0 Å². The third-order valence-electron chi connectivity index (χ3n) is 4.46. The molecule has 1 heterocycles. The average molecular weight is 386 g/mol. The number of aryl methyl sites for hydroxylation is 1. The Hall–Kier alpha value is -2.67. The molecule has 0 spiro atoms. The van der Waals surface area contributed by atoms with Crippen LogP contribution in [0.3, 0.4) is 0 Å². The Labute approximate surface area is 161 Å². The second kappa shape index (κ2) is 8.81. The number of thiophene rings is 1. The summed E-state index contributed by atoms with van der Waals surface area (Å²) >= 11 is 1.68.